The predicted molar refractivity (Wildman–Crippen MR) is 197 cm³/mol. The summed E-state index contributed by atoms with van der Waals surface area (Å²) < 4.78 is 26.4. The van der Waals surface area contributed by atoms with Crippen LogP contribution in [0.1, 0.15) is 83.1 Å². The molecular formula is C38H51N5O8S. The van der Waals surface area contributed by atoms with Gasteiger partial charge < -0.3 is 34.4 Å². The van der Waals surface area contributed by atoms with Gasteiger partial charge in [0.2, 0.25) is 11.8 Å². The fraction of sp³-hybridized carbons (Fsp3) is 0.605. The normalized spacial score (nSPS) is 24.4. The van der Waals surface area contributed by atoms with Gasteiger partial charge in [-0.1, -0.05) is 25.0 Å². The molecule has 282 valence electrons. The molecule has 6 rings (SSSR count). The molecule has 0 spiro atoms. The van der Waals surface area contributed by atoms with E-state index in [2.05, 4.69) is 27.2 Å². The van der Waals surface area contributed by atoms with E-state index in [0.29, 0.717) is 48.3 Å². The molecule has 3 N–H and O–H groups in total. The Kier molecular flexibility index (Phi) is 11.7. The smallest absolute Gasteiger partial charge is 0.318 e. The number of carbonyl (C=O) groups is 4. The number of ether oxygens (including phenoxy) is 2. The number of aromatic amines is 1. The fourth-order valence-corrected chi connectivity index (χ4v) is 8.32. The highest BCUT2D eigenvalue weighted by molar-refractivity contribution is 7.85. The number of aryl methyl sites for hydroxylation is 1. The van der Waals surface area contributed by atoms with E-state index >= 15 is 0 Å². The third-order valence-corrected chi connectivity index (χ3v) is 12.6. The number of fused-ring (bicyclic) bond motifs is 1. The number of hydrogen-bond acceptors (Lipinski definition) is 8. The number of aromatic nitrogens is 1. The van der Waals surface area contributed by atoms with E-state index in [9.17, 15) is 28.2 Å². The zero-order valence-electron chi connectivity index (χ0n) is 30.3. The number of H-pyrrole nitrogens is 1. The molecule has 6 atom stereocenters. The van der Waals surface area contributed by atoms with Crippen molar-refractivity contribution in [3.8, 4) is 11.5 Å². The van der Waals surface area contributed by atoms with E-state index in [-0.39, 0.29) is 53.0 Å². The van der Waals surface area contributed by atoms with Crippen molar-refractivity contribution in [2.24, 2.45) is 11.8 Å². The molecule has 2 saturated heterocycles. The van der Waals surface area contributed by atoms with Crippen LogP contribution in [0.4, 0.5) is 4.79 Å². The maximum atomic E-state index is 14.1. The number of pyridine rings is 1. The standard InChI is InChI=1S/C38H51N5O8S/c1-24-31(50-3)14-13-28-32(21-33(45)40-34(24)28)51-27-20-26(23-44)43(22-27)36(47)30(39-37(48)42-17-9-10-18-42)12-8-6-4-5-7-11-25-19-29(25)35(46)41-52(49)38(2)15-16-38/h7,11,13-14,21,23,25-27,29-30H,4-6,8-10,12,15-20,22H2,1-3H3,(H,39,48)(H,40,45)(H,41,46). The number of carbonyl (C=O) groups excluding carboxylic acids is 4. The van der Waals surface area contributed by atoms with Gasteiger partial charge in [-0.3, -0.25) is 19.1 Å². The molecule has 2 aliphatic carbocycles. The van der Waals surface area contributed by atoms with Gasteiger partial charge in [-0.25, -0.2) is 9.00 Å². The van der Waals surface area contributed by atoms with Gasteiger partial charge in [-0.05, 0) is 83.3 Å². The molecule has 4 amide bonds. The first kappa shape index (κ1) is 37.6. The van der Waals surface area contributed by atoms with Gasteiger partial charge in [-0.2, -0.15) is 0 Å². The van der Waals surface area contributed by atoms with Gasteiger partial charge in [-0.15, -0.1) is 0 Å². The maximum absolute atomic E-state index is 14.1. The van der Waals surface area contributed by atoms with Gasteiger partial charge in [0, 0.05) is 42.4 Å². The lowest BCUT2D eigenvalue weighted by Crippen LogP contribution is -2.53. The van der Waals surface area contributed by atoms with E-state index in [0.717, 1.165) is 63.2 Å². The highest BCUT2D eigenvalue weighted by atomic mass is 32.2. The summed E-state index contributed by atoms with van der Waals surface area (Å²) in [5, 5.41) is 3.66. The number of likely N-dealkylation sites (tertiary alicyclic amines) is 2. The number of allylic oxidation sites excluding steroid dienone is 2. The van der Waals surface area contributed by atoms with E-state index < -0.39 is 29.2 Å². The van der Waals surface area contributed by atoms with Gasteiger partial charge in [0.25, 0.3) is 5.56 Å². The van der Waals surface area contributed by atoms with Crippen molar-refractivity contribution >= 4 is 46.0 Å². The van der Waals surface area contributed by atoms with E-state index in [1.807, 2.05) is 19.9 Å². The Morgan fingerprint density at radius 2 is 1.88 bits per heavy atom. The number of nitrogens with one attached hydrogen (secondary N) is 3. The second-order valence-electron chi connectivity index (χ2n) is 14.9. The number of aldehydes is 1. The van der Waals surface area contributed by atoms with Crippen molar-refractivity contribution in [1.29, 1.82) is 0 Å². The Morgan fingerprint density at radius 1 is 1.12 bits per heavy atom. The summed E-state index contributed by atoms with van der Waals surface area (Å²) in [6, 6.07) is 3.19. The van der Waals surface area contributed by atoms with Crippen LogP contribution in [-0.2, 0) is 25.4 Å². The van der Waals surface area contributed by atoms with Gasteiger partial charge in [0.15, 0.2) is 0 Å². The Morgan fingerprint density at radius 3 is 2.60 bits per heavy atom. The molecule has 4 fully saturated rings. The summed E-state index contributed by atoms with van der Waals surface area (Å²) in [4.78, 5) is 70.5. The number of urea groups is 1. The molecule has 52 heavy (non-hydrogen) atoms. The SMILES string of the molecule is COc1ccc2c(OC3CC(C=O)N(C(=O)C(CCCCCC=CC4CC4C(=O)NS(=O)C4(C)CC4)NC(=O)N4CCCC4)C3)cc(=O)[nH]c2c1C. The molecule has 2 saturated carbocycles. The molecule has 13 nitrogen and oxygen atoms in total. The summed E-state index contributed by atoms with van der Waals surface area (Å²) in [6.07, 6.45) is 12.7. The quantitative estimate of drug-likeness (QED) is 0.132. The third-order valence-electron chi connectivity index (χ3n) is 11.0. The predicted octanol–water partition coefficient (Wildman–Crippen LogP) is 4.04. The van der Waals surface area contributed by atoms with E-state index in [1.165, 1.54) is 11.0 Å². The summed E-state index contributed by atoms with van der Waals surface area (Å²) in [5.74, 6) is 0.620. The first-order valence-electron chi connectivity index (χ1n) is 18.6. The summed E-state index contributed by atoms with van der Waals surface area (Å²) in [5.41, 5.74) is 1.02. The first-order chi connectivity index (χ1) is 25.0. The van der Waals surface area contributed by atoms with Crippen LogP contribution in [0.15, 0.2) is 35.1 Å². The number of hydrogen-bond donors (Lipinski definition) is 3. The Bertz CT molecular complexity index is 1780. The largest absolute Gasteiger partial charge is 0.496 e. The van der Waals surface area contributed by atoms with Crippen LogP contribution in [0.3, 0.4) is 0 Å². The average Bonchev–Trinajstić information content (AvgIpc) is 3.95. The molecule has 2 aromatic rings. The molecule has 4 aliphatic rings. The molecular weight excluding hydrogens is 687 g/mol. The lowest BCUT2D eigenvalue weighted by Gasteiger charge is -2.28. The van der Waals surface area contributed by atoms with Crippen molar-refractivity contribution in [2.45, 2.75) is 107 Å². The summed E-state index contributed by atoms with van der Waals surface area (Å²) >= 11 is 0. The number of amides is 4. The zero-order valence-corrected chi connectivity index (χ0v) is 31.1. The van der Waals surface area contributed by atoms with Crippen LogP contribution in [0.25, 0.3) is 10.9 Å². The zero-order chi connectivity index (χ0) is 37.0. The number of benzene rings is 1. The van der Waals surface area contributed by atoms with E-state index in [1.54, 1.807) is 18.1 Å². The van der Waals surface area contributed by atoms with E-state index in [4.69, 9.17) is 9.47 Å². The van der Waals surface area contributed by atoms with Crippen LogP contribution in [0.5, 0.6) is 11.5 Å². The van der Waals surface area contributed by atoms with Crippen molar-refractivity contribution < 1.29 is 32.9 Å². The summed E-state index contributed by atoms with van der Waals surface area (Å²) in [7, 11) is 0.247. The number of methoxy groups -OCH3 is 1. The van der Waals surface area contributed by atoms with Crippen LogP contribution in [0, 0.1) is 18.8 Å². The Hall–Kier alpha value is -4.20. The topological polar surface area (TPSA) is 167 Å². The number of unbranched alkanes of at least 4 members (excludes halogenated alkanes) is 3. The van der Waals surface area contributed by atoms with Crippen LogP contribution < -0.4 is 25.1 Å². The first-order valence-corrected chi connectivity index (χ1v) is 19.7. The van der Waals surface area contributed by atoms with Crippen molar-refractivity contribution in [1.82, 2.24) is 24.8 Å². The minimum absolute atomic E-state index is 0.109. The van der Waals surface area contributed by atoms with Crippen LogP contribution in [0.2, 0.25) is 0 Å². The summed E-state index contributed by atoms with van der Waals surface area (Å²) in [6.45, 7) is 5.21. The molecule has 1 aromatic heterocycles. The average molecular weight is 738 g/mol. The monoisotopic (exact) mass is 737 g/mol. The maximum Gasteiger partial charge on any atom is 0.318 e. The molecule has 3 heterocycles. The number of nitrogens with zero attached hydrogens (tertiary/aromatic N) is 2. The Labute approximate surface area is 306 Å². The molecule has 0 bridgehead atoms. The minimum Gasteiger partial charge on any atom is -0.496 e. The third kappa shape index (κ3) is 8.70. The lowest BCUT2D eigenvalue weighted by atomic mass is 10.0. The minimum atomic E-state index is -1.31. The van der Waals surface area contributed by atoms with Crippen molar-refractivity contribution in [2.75, 3.05) is 26.7 Å². The second-order valence-corrected chi connectivity index (χ2v) is 16.7. The molecule has 2 aliphatic heterocycles. The fourth-order valence-electron chi connectivity index (χ4n) is 7.26. The molecule has 0 radical (unpaired) electrons. The van der Waals surface area contributed by atoms with Gasteiger partial charge >= 0.3 is 6.03 Å². The van der Waals surface area contributed by atoms with Gasteiger partial charge in [0.1, 0.15) is 40.9 Å². The second kappa shape index (κ2) is 16.2. The van der Waals surface area contributed by atoms with Gasteiger partial charge in [0.05, 0.1) is 30.0 Å². The lowest BCUT2D eigenvalue weighted by molar-refractivity contribution is -0.136. The molecule has 14 heteroatoms. The highest BCUT2D eigenvalue weighted by Gasteiger charge is 2.47. The van der Waals surface area contributed by atoms with Crippen LogP contribution >= 0.6 is 0 Å². The highest BCUT2D eigenvalue weighted by Crippen LogP contribution is 2.43. The van der Waals surface area contributed by atoms with Crippen molar-refractivity contribution in [3.05, 3.63) is 46.3 Å². The number of rotatable bonds is 16. The molecule has 1 aromatic carbocycles. The molecule has 6 unspecified atom stereocenters. The van der Waals surface area contributed by atoms with Crippen molar-refractivity contribution in [3.63, 3.8) is 0 Å². The van der Waals surface area contributed by atoms with Crippen LogP contribution in [-0.4, -0.2) is 92.8 Å². The Balaban J connectivity index is 1.03.